The average molecular weight is 382 g/mol. The van der Waals surface area contributed by atoms with Crippen LogP contribution in [0.2, 0.25) is 10.0 Å². The van der Waals surface area contributed by atoms with Crippen LogP contribution in [0.4, 0.5) is 0 Å². The monoisotopic (exact) mass is 381 g/mol. The van der Waals surface area contributed by atoms with Gasteiger partial charge in [-0.1, -0.05) is 29.3 Å². The molecule has 0 aromatic heterocycles. The summed E-state index contributed by atoms with van der Waals surface area (Å²) in [6.45, 7) is 0.106. The Hall–Kier alpha value is -2.44. The minimum Gasteiger partial charge on any atom is -0.481 e. The van der Waals surface area contributed by atoms with Crippen LogP contribution in [0.25, 0.3) is 0 Å². The summed E-state index contributed by atoms with van der Waals surface area (Å²) in [5.74, 6) is -0.465. The molecule has 130 valence electrons. The number of carbonyl (C=O) groups is 2. The maximum absolute atomic E-state index is 12.5. The molecule has 1 aliphatic rings. The van der Waals surface area contributed by atoms with Crippen molar-refractivity contribution >= 4 is 35.1 Å². The van der Waals surface area contributed by atoms with Crippen molar-refractivity contribution in [2.24, 2.45) is 0 Å². The van der Waals surface area contributed by atoms with Gasteiger partial charge in [0, 0.05) is 5.02 Å². The third-order valence-electron chi connectivity index (χ3n) is 3.66. The second kappa shape index (κ2) is 7.21. The molecular formula is C17H13Cl2NO5. The number of fused-ring (bicyclic) bond motifs is 1. The molecule has 1 aliphatic heterocycles. The molecule has 0 spiro atoms. The number of carboxylic acid groups (broad SMARTS) is 1. The number of carboxylic acids is 1. The Balaban J connectivity index is 1.86. The molecule has 25 heavy (non-hydrogen) atoms. The van der Waals surface area contributed by atoms with Crippen LogP contribution in [0.3, 0.4) is 0 Å². The van der Waals surface area contributed by atoms with Crippen molar-refractivity contribution in [3.63, 3.8) is 0 Å². The Morgan fingerprint density at radius 1 is 1.12 bits per heavy atom. The number of carbonyl (C=O) groups excluding carboxylic acids is 1. The second-order valence-electron chi connectivity index (χ2n) is 5.36. The smallest absolute Gasteiger partial charge is 0.305 e. The number of hydrogen-bond acceptors (Lipinski definition) is 4. The zero-order valence-corrected chi connectivity index (χ0v) is 14.3. The zero-order valence-electron chi connectivity index (χ0n) is 12.8. The van der Waals surface area contributed by atoms with Gasteiger partial charge in [-0.2, -0.15) is 0 Å². The number of rotatable bonds is 5. The zero-order chi connectivity index (χ0) is 18.0. The van der Waals surface area contributed by atoms with Crippen molar-refractivity contribution in [3.8, 4) is 11.5 Å². The largest absolute Gasteiger partial charge is 0.481 e. The van der Waals surface area contributed by atoms with Gasteiger partial charge in [-0.3, -0.25) is 9.59 Å². The lowest BCUT2D eigenvalue weighted by Crippen LogP contribution is -2.30. The van der Waals surface area contributed by atoms with Crippen LogP contribution in [0.5, 0.6) is 11.5 Å². The van der Waals surface area contributed by atoms with E-state index in [-0.39, 0.29) is 23.8 Å². The van der Waals surface area contributed by atoms with Crippen molar-refractivity contribution in [2.75, 3.05) is 6.79 Å². The van der Waals surface area contributed by atoms with Crippen molar-refractivity contribution in [1.29, 1.82) is 0 Å². The summed E-state index contributed by atoms with van der Waals surface area (Å²) in [6.07, 6.45) is -0.295. The molecule has 0 unspecified atom stereocenters. The molecular weight excluding hydrogens is 369 g/mol. The summed E-state index contributed by atoms with van der Waals surface area (Å²) >= 11 is 11.9. The van der Waals surface area contributed by atoms with E-state index in [0.717, 1.165) is 0 Å². The summed E-state index contributed by atoms with van der Waals surface area (Å²) in [5, 5.41) is 12.4. The lowest BCUT2D eigenvalue weighted by Gasteiger charge is -2.18. The fraction of sp³-hybridized carbons (Fsp3) is 0.176. The van der Waals surface area contributed by atoms with E-state index in [0.29, 0.717) is 22.1 Å². The van der Waals surface area contributed by atoms with Crippen molar-refractivity contribution in [1.82, 2.24) is 5.32 Å². The predicted octanol–water partition coefficient (Wildman–Crippen LogP) is 3.67. The summed E-state index contributed by atoms with van der Waals surface area (Å²) in [7, 11) is 0. The van der Waals surface area contributed by atoms with Crippen molar-refractivity contribution in [3.05, 3.63) is 57.6 Å². The van der Waals surface area contributed by atoms with E-state index in [9.17, 15) is 9.59 Å². The molecule has 8 heteroatoms. The summed E-state index contributed by atoms with van der Waals surface area (Å²) in [4.78, 5) is 23.7. The van der Waals surface area contributed by atoms with E-state index in [1.165, 1.54) is 18.2 Å². The number of ether oxygens (including phenoxy) is 2. The standard InChI is InChI=1S/C17H13Cl2NO5/c18-10-2-3-11(12(19)6-10)17(23)20-13(7-16(21)22)9-1-4-14-15(5-9)25-8-24-14/h1-6,13H,7-8H2,(H,20,23)(H,21,22)/t13-/m0/s1. The number of nitrogens with one attached hydrogen (secondary N) is 1. The van der Waals surface area contributed by atoms with Gasteiger partial charge in [-0.15, -0.1) is 0 Å². The Morgan fingerprint density at radius 3 is 2.60 bits per heavy atom. The summed E-state index contributed by atoms with van der Waals surface area (Å²) < 4.78 is 10.5. The highest BCUT2D eigenvalue weighted by molar-refractivity contribution is 6.36. The lowest BCUT2D eigenvalue weighted by atomic mass is 10.0. The van der Waals surface area contributed by atoms with Crippen LogP contribution in [0.1, 0.15) is 28.4 Å². The fourth-order valence-electron chi connectivity index (χ4n) is 2.47. The number of benzene rings is 2. The summed E-state index contributed by atoms with van der Waals surface area (Å²) in [6, 6.07) is 8.72. The molecule has 1 atom stereocenters. The lowest BCUT2D eigenvalue weighted by molar-refractivity contribution is -0.137. The first-order valence-electron chi connectivity index (χ1n) is 7.31. The molecule has 0 radical (unpaired) electrons. The highest BCUT2D eigenvalue weighted by Gasteiger charge is 2.23. The van der Waals surface area contributed by atoms with E-state index < -0.39 is 17.9 Å². The number of halogens is 2. The number of aliphatic carboxylic acids is 1. The van der Waals surface area contributed by atoms with Crippen molar-refractivity contribution < 1.29 is 24.2 Å². The molecule has 0 bridgehead atoms. The van der Waals surface area contributed by atoms with E-state index in [1.54, 1.807) is 18.2 Å². The second-order valence-corrected chi connectivity index (χ2v) is 6.20. The molecule has 2 aromatic carbocycles. The van der Waals surface area contributed by atoms with Gasteiger partial charge < -0.3 is 19.9 Å². The SMILES string of the molecule is O=C(O)C[C@H](NC(=O)c1ccc(Cl)cc1Cl)c1ccc2c(c1)OCO2. The fourth-order valence-corrected chi connectivity index (χ4v) is 2.96. The van der Waals surface area contributed by atoms with E-state index in [1.807, 2.05) is 0 Å². The van der Waals surface area contributed by atoms with Gasteiger partial charge in [0.1, 0.15) is 0 Å². The van der Waals surface area contributed by atoms with E-state index in [2.05, 4.69) is 5.32 Å². The third-order valence-corrected chi connectivity index (χ3v) is 4.21. The van der Waals surface area contributed by atoms with Gasteiger partial charge in [0.2, 0.25) is 6.79 Å². The molecule has 0 aliphatic carbocycles. The molecule has 0 saturated carbocycles. The molecule has 0 fully saturated rings. The molecule has 1 heterocycles. The Bertz CT molecular complexity index is 840. The summed E-state index contributed by atoms with van der Waals surface area (Å²) in [5.41, 5.74) is 0.798. The first-order valence-corrected chi connectivity index (χ1v) is 8.07. The molecule has 2 aromatic rings. The van der Waals surface area contributed by atoms with Crippen LogP contribution in [-0.4, -0.2) is 23.8 Å². The van der Waals surface area contributed by atoms with Gasteiger partial charge in [0.25, 0.3) is 5.91 Å². The van der Waals surface area contributed by atoms with Gasteiger partial charge in [-0.05, 0) is 35.9 Å². The first kappa shape index (κ1) is 17.4. The molecule has 2 N–H and O–H groups in total. The molecule has 0 saturated heterocycles. The maximum Gasteiger partial charge on any atom is 0.305 e. The maximum atomic E-state index is 12.5. The van der Waals surface area contributed by atoms with E-state index in [4.69, 9.17) is 37.8 Å². The average Bonchev–Trinajstić information content (AvgIpc) is 3.01. The Labute approximate surface area is 153 Å². The van der Waals surface area contributed by atoms with Crippen LogP contribution in [0.15, 0.2) is 36.4 Å². The molecule has 1 amide bonds. The van der Waals surface area contributed by atoms with Crippen LogP contribution in [0, 0.1) is 0 Å². The predicted molar refractivity (Wildman–Crippen MR) is 91.5 cm³/mol. The topological polar surface area (TPSA) is 84.9 Å². The minimum atomic E-state index is -1.05. The molecule has 6 nitrogen and oxygen atoms in total. The van der Waals surface area contributed by atoms with Crippen LogP contribution < -0.4 is 14.8 Å². The van der Waals surface area contributed by atoms with Crippen molar-refractivity contribution in [2.45, 2.75) is 12.5 Å². The van der Waals surface area contributed by atoms with Crippen LogP contribution in [-0.2, 0) is 4.79 Å². The van der Waals surface area contributed by atoms with Gasteiger partial charge in [0.15, 0.2) is 11.5 Å². The minimum absolute atomic E-state index is 0.106. The molecule has 3 rings (SSSR count). The number of hydrogen-bond donors (Lipinski definition) is 2. The Kier molecular flexibility index (Phi) is 5.01. The van der Waals surface area contributed by atoms with Crippen LogP contribution >= 0.6 is 23.2 Å². The van der Waals surface area contributed by atoms with E-state index >= 15 is 0 Å². The first-order chi connectivity index (χ1) is 11.9. The normalized spacial score (nSPS) is 13.4. The highest BCUT2D eigenvalue weighted by Crippen LogP contribution is 2.35. The quantitative estimate of drug-likeness (QED) is 0.825. The highest BCUT2D eigenvalue weighted by atomic mass is 35.5. The number of amides is 1. The Morgan fingerprint density at radius 2 is 1.88 bits per heavy atom. The third kappa shape index (κ3) is 3.97. The van der Waals surface area contributed by atoms with Gasteiger partial charge in [0.05, 0.1) is 23.0 Å². The van der Waals surface area contributed by atoms with Gasteiger partial charge >= 0.3 is 5.97 Å². The van der Waals surface area contributed by atoms with Gasteiger partial charge in [-0.25, -0.2) is 0 Å².